The fourth-order valence-electron chi connectivity index (χ4n) is 3.81. The normalized spacial score (nSPS) is 23.5. The molecule has 2 aliphatic heterocycles. The highest BCUT2D eigenvalue weighted by Gasteiger charge is 2.44. The van der Waals surface area contributed by atoms with E-state index < -0.39 is 0 Å². The Labute approximate surface area is 143 Å². The molecule has 2 aliphatic rings. The molecule has 2 atom stereocenters. The van der Waals surface area contributed by atoms with Gasteiger partial charge in [-0.3, -0.25) is 9.78 Å². The molecule has 6 nitrogen and oxygen atoms in total. The van der Waals surface area contributed by atoms with Gasteiger partial charge in [0.25, 0.3) is 0 Å². The Kier molecular flexibility index (Phi) is 5.02. The van der Waals surface area contributed by atoms with Crippen LogP contribution < -0.4 is 5.32 Å². The highest BCUT2D eigenvalue weighted by atomic mass is 16.2. The van der Waals surface area contributed by atoms with E-state index in [0.29, 0.717) is 18.9 Å². The Morgan fingerprint density at radius 2 is 2.21 bits per heavy atom. The number of fused-ring (bicyclic) bond motifs is 1. The zero-order valence-corrected chi connectivity index (χ0v) is 14.4. The van der Waals surface area contributed by atoms with E-state index in [1.807, 2.05) is 21.9 Å². The number of hydrogen-bond donors (Lipinski definition) is 1. The number of carbonyl (C=O) groups is 2. The third-order valence-corrected chi connectivity index (χ3v) is 4.87. The van der Waals surface area contributed by atoms with E-state index in [2.05, 4.69) is 24.1 Å². The quantitative estimate of drug-likeness (QED) is 0.918. The molecule has 0 radical (unpaired) electrons. The van der Waals surface area contributed by atoms with Gasteiger partial charge in [0.05, 0.1) is 12.1 Å². The number of aromatic nitrogens is 1. The molecule has 130 valence electrons. The van der Waals surface area contributed by atoms with Crippen LogP contribution in [0.2, 0.25) is 0 Å². The molecule has 1 aromatic heterocycles. The number of nitrogens with one attached hydrogen (secondary N) is 1. The molecule has 6 heteroatoms. The minimum absolute atomic E-state index is 0.0369. The van der Waals surface area contributed by atoms with Crippen LogP contribution in [-0.4, -0.2) is 51.9 Å². The zero-order valence-electron chi connectivity index (χ0n) is 14.4. The first-order valence-corrected chi connectivity index (χ1v) is 8.79. The molecule has 1 N–H and O–H groups in total. The second-order valence-corrected chi connectivity index (χ2v) is 7.12. The summed E-state index contributed by atoms with van der Waals surface area (Å²) >= 11 is 0. The van der Waals surface area contributed by atoms with Gasteiger partial charge >= 0.3 is 6.03 Å². The summed E-state index contributed by atoms with van der Waals surface area (Å²) in [4.78, 5) is 32.8. The SMILES string of the molecule is CC(C)CN1C(=O)CC[C@@H]2[C@H]1CCN2C(=O)NCc1cccnc1. The first kappa shape index (κ1) is 16.7. The van der Waals surface area contributed by atoms with Gasteiger partial charge < -0.3 is 15.1 Å². The Bertz CT molecular complexity index is 590. The van der Waals surface area contributed by atoms with Crippen molar-refractivity contribution in [3.63, 3.8) is 0 Å². The van der Waals surface area contributed by atoms with Crippen molar-refractivity contribution in [2.45, 2.75) is 51.7 Å². The largest absolute Gasteiger partial charge is 0.337 e. The number of urea groups is 1. The Hall–Kier alpha value is -2.11. The summed E-state index contributed by atoms with van der Waals surface area (Å²) in [6, 6.07) is 4.10. The van der Waals surface area contributed by atoms with Gasteiger partial charge in [-0.05, 0) is 30.4 Å². The highest BCUT2D eigenvalue weighted by Crippen LogP contribution is 2.31. The average molecular weight is 330 g/mol. The lowest BCUT2D eigenvalue weighted by Crippen LogP contribution is -2.55. The lowest BCUT2D eigenvalue weighted by atomic mass is 9.95. The molecule has 0 aliphatic carbocycles. The van der Waals surface area contributed by atoms with Crippen molar-refractivity contribution < 1.29 is 9.59 Å². The molecule has 0 unspecified atom stereocenters. The second-order valence-electron chi connectivity index (χ2n) is 7.12. The predicted octanol–water partition coefficient (Wildman–Crippen LogP) is 2.01. The minimum Gasteiger partial charge on any atom is -0.337 e. The first-order chi connectivity index (χ1) is 11.6. The lowest BCUT2D eigenvalue weighted by Gasteiger charge is -2.40. The van der Waals surface area contributed by atoms with Crippen LogP contribution in [0.4, 0.5) is 4.79 Å². The lowest BCUT2D eigenvalue weighted by molar-refractivity contribution is -0.138. The van der Waals surface area contributed by atoms with E-state index >= 15 is 0 Å². The average Bonchev–Trinajstić information content (AvgIpc) is 3.00. The van der Waals surface area contributed by atoms with Gasteiger partial charge in [-0.1, -0.05) is 19.9 Å². The summed E-state index contributed by atoms with van der Waals surface area (Å²) < 4.78 is 0. The Balaban J connectivity index is 1.61. The van der Waals surface area contributed by atoms with Crippen LogP contribution in [0, 0.1) is 5.92 Å². The molecule has 2 fully saturated rings. The maximum atomic E-state index is 12.6. The number of likely N-dealkylation sites (tertiary alicyclic amines) is 2. The van der Waals surface area contributed by atoms with Gasteiger partial charge in [-0.25, -0.2) is 4.79 Å². The van der Waals surface area contributed by atoms with Gasteiger partial charge in [0, 0.05) is 38.4 Å². The summed E-state index contributed by atoms with van der Waals surface area (Å²) in [5.41, 5.74) is 0.988. The number of carbonyl (C=O) groups excluding carboxylic acids is 2. The predicted molar refractivity (Wildman–Crippen MR) is 91.2 cm³/mol. The van der Waals surface area contributed by atoms with Crippen molar-refractivity contribution in [2.24, 2.45) is 5.92 Å². The van der Waals surface area contributed by atoms with Gasteiger partial charge in [0.2, 0.25) is 5.91 Å². The molecule has 3 amide bonds. The van der Waals surface area contributed by atoms with Gasteiger partial charge in [0.1, 0.15) is 0 Å². The summed E-state index contributed by atoms with van der Waals surface area (Å²) in [6.45, 7) is 6.24. The van der Waals surface area contributed by atoms with Crippen molar-refractivity contribution >= 4 is 11.9 Å². The number of nitrogens with zero attached hydrogens (tertiary/aromatic N) is 3. The van der Waals surface area contributed by atoms with E-state index in [0.717, 1.165) is 31.5 Å². The van der Waals surface area contributed by atoms with E-state index in [1.165, 1.54) is 0 Å². The van der Waals surface area contributed by atoms with E-state index in [-0.39, 0.29) is 24.0 Å². The molecule has 0 aromatic carbocycles. The molecule has 1 aromatic rings. The van der Waals surface area contributed by atoms with Crippen molar-refractivity contribution in [2.75, 3.05) is 13.1 Å². The van der Waals surface area contributed by atoms with Crippen LogP contribution >= 0.6 is 0 Å². The van der Waals surface area contributed by atoms with E-state index in [4.69, 9.17) is 0 Å². The van der Waals surface area contributed by atoms with Crippen LogP contribution in [0.25, 0.3) is 0 Å². The van der Waals surface area contributed by atoms with Crippen LogP contribution in [0.1, 0.15) is 38.7 Å². The summed E-state index contributed by atoms with van der Waals surface area (Å²) in [7, 11) is 0. The fourth-order valence-corrected chi connectivity index (χ4v) is 3.81. The van der Waals surface area contributed by atoms with Crippen LogP contribution in [0.5, 0.6) is 0 Å². The summed E-state index contributed by atoms with van der Waals surface area (Å²) in [5.74, 6) is 0.684. The monoisotopic (exact) mass is 330 g/mol. The summed E-state index contributed by atoms with van der Waals surface area (Å²) in [6.07, 6.45) is 5.68. The van der Waals surface area contributed by atoms with Gasteiger partial charge in [-0.2, -0.15) is 0 Å². The smallest absolute Gasteiger partial charge is 0.317 e. The molecule has 3 rings (SSSR count). The second kappa shape index (κ2) is 7.20. The maximum absolute atomic E-state index is 12.6. The molecule has 0 spiro atoms. The molecule has 2 saturated heterocycles. The van der Waals surface area contributed by atoms with Crippen molar-refractivity contribution in [3.05, 3.63) is 30.1 Å². The van der Waals surface area contributed by atoms with Crippen LogP contribution in [0.3, 0.4) is 0 Å². The van der Waals surface area contributed by atoms with Crippen molar-refractivity contribution in [1.82, 2.24) is 20.1 Å². The Morgan fingerprint density at radius 1 is 1.38 bits per heavy atom. The molecule has 0 saturated carbocycles. The molecule has 24 heavy (non-hydrogen) atoms. The molecular weight excluding hydrogens is 304 g/mol. The number of rotatable bonds is 4. The number of pyridine rings is 1. The van der Waals surface area contributed by atoms with Crippen molar-refractivity contribution in [3.8, 4) is 0 Å². The first-order valence-electron chi connectivity index (χ1n) is 8.79. The fraction of sp³-hybridized carbons (Fsp3) is 0.611. The van der Waals surface area contributed by atoms with Gasteiger partial charge in [0.15, 0.2) is 0 Å². The van der Waals surface area contributed by atoms with Gasteiger partial charge in [-0.15, -0.1) is 0 Å². The number of piperidine rings is 1. The highest BCUT2D eigenvalue weighted by molar-refractivity contribution is 5.79. The molecular formula is C18H26N4O2. The third-order valence-electron chi connectivity index (χ3n) is 4.87. The van der Waals surface area contributed by atoms with E-state index in [1.54, 1.807) is 12.4 Å². The number of amides is 3. The maximum Gasteiger partial charge on any atom is 0.317 e. The number of hydrogen-bond acceptors (Lipinski definition) is 3. The summed E-state index contributed by atoms with van der Waals surface area (Å²) in [5, 5.41) is 2.98. The minimum atomic E-state index is -0.0369. The zero-order chi connectivity index (χ0) is 17.1. The molecule has 0 bridgehead atoms. The van der Waals surface area contributed by atoms with Crippen LogP contribution in [0.15, 0.2) is 24.5 Å². The standard InChI is InChI=1S/C18H26N4O2/c1-13(2)12-22-16-7-9-21(15(16)5-6-17(22)23)18(24)20-11-14-4-3-8-19-10-14/h3-4,8,10,13,15-16H,5-7,9,11-12H2,1-2H3,(H,20,24)/t15-,16-/m1/s1. The van der Waals surface area contributed by atoms with E-state index in [9.17, 15) is 9.59 Å². The van der Waals surface area contributed by atoms with Crippen molar-refractivity contribution in [1.29, 1.82) is 0 Å². The third kappa shape index (κ3) is 3.52. The Morgan fingerprint density at radius 3 is 2.92 bits per heavy atom. The molecule has 3 heterocycles. The van der Waals surface area contributed by atoms with Crippen LogP contribution in [-0.2, 0) is 11.3 Å². The topological polar surface area (TPSA) is 65.5 Å².